The molecule has 0 heterocycles. The van der Waals surface area contributed by atoms with Crippen molar-refractivity contribution in [3.05, 3.63) is 0 Å². The van der Waals surface area contributed by atoms with E-state index >= 15 is 0 Å². The zero-order valence-electron chi connectivity index (χ0n) is 11.7. The minimum Gasteiger partial charge on any atom is -0.378 e. The van der Waals surface area contributed by atoms with E-state index in [1.807, 2.05) is 6.92 Å². The number of primary amides is 1. The van der Waals surface area contributed by atoms with Crippen LogP contribution in [-0.4, -0.2) is 43.3 Å². The molecule has 0 bridgehead atoms. The third-order valence-corrected chi connectivity index (χ3v) is 2.13. The number of amides is 1. The van der Waals surface area contributed by atoms with E-state index in [1.54, 1.807) is 0 Å². The van der Waals surface area contributed by atoms with E-state index in [0.717, 1.165) is 0 Å². The van der Waals surface area contributed by atoms with Crippen molar-refractivity contribution in [2.24, 2.45) is 5.73 Å². The molecule has 0 aliphatic heterocycles. The third kappa shape index (κ3) is 10.2. The maximum absolute atomic E-state index is 10.6. The summed E-state index contributed by atoms with van der Waals surface area (Å²) in [6.07, 6.45) is 0. The van der Waals surface area contributed by atoms with Crippen LogP contribution in [0.5, 0.6) is 0 Å². The minimum atomic E-state index is -0.348. The number of rotatable bonds is 9. The second-order valence-electron chi connectivity index (χ2n) is 5.45. The van der Waals surface area contributed by atoms with Gasteiger partial charge in [-0.05, 0) is 20.8 Å². The van der Waals surface area contributed by atoms with Gasteiger partial charge in [-0.2, -0.15) is 0 Å². The summed E-state index contributed by atoms with van der Waals surface area (Å²) in [7, 11) is 0. The Balaban J connectivity index is 3.71. The van der Waals surface area contributed by atoms with Gasteiger partial charge in [-0.25, -0.2) is 0 Å². The van der Waals surface area contributed by atoms with Crippen molar-refractivity contribution < 1.29 is 9.53 Å². The lowest BCUT2D eigenvalue weighted by atomic mass is 10.1. The standard InChI is InChI=1S/C12H27N3O2/c1-9(2)15-12(4,5)8-17-7-10(3)14-6-11(13)16/h9-10,14-15H,6-8H2,1-5H3,(H2,13,16). The molecular formula is C12H27N3O2. The van der Waals surface area contributed by atoms with Gasteiger partial charge in [0.25, 0.3) is 0 Å². The number of carbonyl (C=O) groups is 1. The Morgan fingerprint density at radius 2 is 1.94 bits per heavy atom. The lowest BCUT2D eigenvalue weighted by Gasteiger charge is -2.29. The first-order valence-corrected chi connectivity index (χ1v) is 6.10. The second kappa shape index (κ2) is 7.63. The number of hydrogen-bond acceptors (Lipinski definition) is 4. The van der Waals surface area contributed by atoms with Crippen LogP contribution in [0.25, 0.3) is 0 Å². The first kappa shape index (κ1) is 16.4. The number of hydrogen-bond donors (Lipinski definition) is 3. The molecule has 5 nitrogen and oxygen atoms in total. The molecule has 1 unspecified atom stereocenters. The van der Waals surface area contributed by atoms with E-state index in [4.69, 9.17) is 10.5 Å². The fraction of sp³-hybridized carbons (Fsp3) is 0.917. The van der Waals surface area contributed by atoms with Crippen LogP contribution in [0.1, 0.15) is 34.6 Å². The molecular weight excluding hydrogens is 218 g/mol. The van der Waals surface area contributed by atoms with Crippen molar-refractivity contribution in [2.45, 2.75) is 52.2 Å². The average molecular weight is 245 g/mol. The number of ether oxygens (including phenoxy) is 1. The molecule has 0 aliphatic carbocycles. The van der Waals surface area contributed by atoms with Crippen LogP contribution in [0, 0.1) is 0 Å². The van der Waals surface area contributed by atoms with Crippen molar-refractivity contribution in [1.82, 2.24) is 10.6 Å². The summed E-state index contributed by atoms with van der Waals surface area (Å²) in [6, 6.07) is 0.552. The molecule has 0 aliphatic rings. The highest BCUT2D eigenvalue weighted by molar-refractivity contribution is 5.75. The molecule has 0 radical (unpaired) electrons. The predicted molar refractivity (Wildman–Crippen MR) is 69.8 cm³/mol. The largest absolute Gasteiger partial charge is 0.378 e. The smallest absolute Gasteiger partial charge is 0.231 e. The summed E-state index contributed by atoms with van der Waals surface area (Å²) in [6.45, 7) is 11.8. The zero-order chi connectivity index (χ0) is 13.5. The van der Waals surface area contributed by atoms with E-state index in [1.165, 1.54) is 0 Å². The lowest BCUT2D eigenvalue weighted by molar-refractivity contribution is -0.117. The van der Waals surface area contributed by atoms with Crippen molar-refractivity contribution in [3.63, 3.8) is 0 Å². The van der Waals surface area contributed by atoms with Crippen molar-refractivity contribution in [3.8, 4) is 0 Å². The molecule has 5 heteroatoms. The Bertz CT molecular complexity index is 230. The van der Waals surface area contributed by atoms with Gasteiger partial charge in [0.1, 0.15) is 0 Å². The van der Waals surface area contributed by atoms with Gasteiger partial charge in [0.05, 0.1) is 19.8 Å². The Kier molecular flexibility index (Phi) is 7.34. The molecule has 4 N–H and O–H groups in total. The second-order valence-corrected chi connectivity index (χ2v) is 5.45. The van der Waals surface area contributed by atoms with Gasteiger partial charge in [-0.3, -0.25) is 4.79 Å². The summed E-state index contributed by atoms with van der Waals surface area (Å²) in [5.74, 6) is -0.348. The average Bonchev–Trinajstić information content (AvgIpc) is 2.12. The fourth-order valence-electron chi connectivity index (χ4n) is 1.65. The van der Waals surface area contributed by atoms with E-state index in [9.17, 15) is 4.79 Å². The van der Waals surface area contributed by atoms with Crippen LogP contribution in [0.3, 0.4) is 0 Å². The molecule has 1 amide bonds. The van der Waals surface area contributed by atoms with Gasteiger partial charge >= 0.3 is 0 Å². The summed E-state index contributed by atoms with van der Waals surface area (Å²) < 4.78 is 5.62. The normalized spacial score (nSPS) is 14.0. The maximum Gasteiger partial charge on any atom is 0.231 e. The van der Waals surface area contributed by atoms with E-state index in [-0.39, 0.29) is 24.0 Å². The molecule has 102 valence electrons. The number of nitrogens with one attached hydrogen (secondary N) is 2. The molecule has 0 rings (SSSR count). The Labute approximate surface area is 104 Å². The van der Waals surface area contributed by atoms with Crippen LogP contribution in [0.4, 0.5) is 0 Å². The first-order chi connectivity index (χ1) is 7.73. The number of carbonyl (C=O) groups excluding carboxylic acids is 1. The fourth-order valence-corrected chi connectivity index (χ4v) is 1.65. The van der Waals surface area contributed by atoms with Crippen LogP contribution < -0.4 is 16.4 Å². The maximum atomic E-state index is 10.6. The van der Waals surface area contributed by atoms with Crippen LogP contribution in [-0.2, 0) is 9.53 Å². The van der Waals surface area contributed by atoms with Gasteiger partial charge in [-0.15, -0.1) is 0 Å². The van der Waals surface area contributed by atoms with Crippen molar-refractivity contribution in [2.75, 3.05) is 19.8 Å². The Morgan fingerprint density at radius 1 is 1.35 bits per heavy atom. The molecule has 0 fully saturated rings. The molecule has 1 atom stereocenters. The van der Waals surface area contributed by atoms with Crippen LogP contribution >= 0.6 is 0 Å². The van der Waals surface area contributed by atoms with Gasteiger partial charge in [0, 0.05) is 17.6 Å². The summed E-state index contributed by atoms with van der Waals surface area (Å²) in [4.78, 5) is 10.6. The highest BCUT2D eigenvalue weighted by Gasteiger charge is 2.18. The van der Waals surface area contributed by atoms with Gasteiger partial charge < -0.3 is 21.1 Å². The van der Waals surface area contributed by atoms with Gasteiger partial charge in [-0.1, -0.05) is 13.8 Å². The van der Waals surface area contributed by atoms with E-state index in [2.05, 4.69) is 38.3 Å². The monoisotopic (exact) mass is 245 g/mol. The topological polar surface area (TPSA) is 76.4 Å². The quantitative estimate of drug-likeness (QED) is 0.544. The van der Waals surface area contributed by atoms with Crippen molar-refractivity contribution >= 4 is 5.91 Å². The van der Waals surface area contributed by atoms with Crippen LogP contribution in [0.15, 0.2) is 0 Å². The first-order valence-electron chi connectivity index (χ1n) is 6.10. The molecule has 0 aromatic rings. The highest BCUT2D eigenvalue weighted by Crippen LogP contribution is 2.04. The predicted octanol–water partition coefficient (Wildman–Crippen LogP) is 0.243. The molecule has 17 heavy (non-hydrogen) atoms. The lowest BCUT2D eigenvalue weighted by Crippen LogP contribution is -2.48. The zero-order valence-corrected chi connectivity index (χ0v) is 11.7. The Morgan fingerprint density at radius 3 is 2.41 bits per heavy atom. The molecule has 0 saturated heterocycles. The van der Waals surface area contributed by atoms with Gasteiger partial charge in [0.15, 0.2) is 0 Å². The SMILES string of the molecule is CC(C)NC(C)(C)COCC(C)NCC(N)=O. The van der Waals surface area contributed by atoms with Crippen LogP contribution in [0.2, 0.25) is 0 Å². The molecule has 0 aromatic carbocycles. The van der Waals surface area contributed by atoms with Gasteiger partial charge in [0.2, 0.25) is 5.91 Å². The Hall–Kier alpha value is -0.650. The third-order valence-electron chi connectivity index (χ3n) is 2.13. The molecule has 0 spiro atoms. The molecule has 0 saturated carbocycles. The van der Waals surface area contributed by atoms with E-state index in [0.29, 0.717) is 19.3 Å². The number of nitrogens with two attached hydrogens (primary N) is 1. The summed E-state index contributed by atoms with van der Waals surface area (Å²) in [5, 5.41) is 6.41. The van der Waals surface area contributed by atoms with Crippen molar-refractivity contribution in [1.29, 1.82) is 0 Å². The highest BCUT2D eigenvalue weighted by atomic mass is 16.5. The summed E-state index contributed by atoms with van der Waals surface area (Å²) >= 11 is 0. The van der Waals surface area contributed by atoms with E-state index < -0.39 is 0 Å². The summed E-state index contributed by atoms with van der Waals surface area (Å²) in [5.41, 5.74) is 5.00. The minimum absolute atomic E-state index is 0.0441. The molecule has 0 aromatic heterocycles.